The third-order valence-corrected chi connectivity index (χ3v) is 3.82. The van der Waals surface area contributed by atoms with Gasteiger partial charge in [-0.25, -0.2) is 4.79 Å². The highest BCUT2D eigenvalue weighted by atomic mass is 16.5. The van der Waals surface area contributed by atoms with Gasteiger partial charge in [0.1, 0.15) is 11.8 Å². The van der Waals surface area contributed by atoms with Gasteiger partial charge in [0.15, 0.2) is 0 Å². The van der Waals surface area contributed by atoms with Crippen molar-refractivity contribution in [3.05, 3.63) is 18.0 Å². The second-order valence-corrected chi connectivity index (χ2v) is 5.24. The van der Waals surface area contributed by atoms with Crippen LogP contribution in [0, 0.1) is 5.92 Å². The van der Waals surface area contributed by atoms with Crippen molar-refractivity contribution < 1.29 is 9.53 Å². The van der Waals surface area contributed by atoms with Crippen LogP contribution in [0.15, 0.2) is 12.3 Å². The highest BCUT2D eigenvalue weighted by molar-refractivity contribution is 5.89. The molecule has 1 heterocycles. The van der Waals surface area contributed by atoms with Crippen LogP contribution in [-0.4, -0.2) is 16.6 Å². The lowest BCUT2D eigenvalue weighted by Gasteiger charge is -2.28. The van der Waals surface area contributed by atoms with Gasteiger partial charge in [-0.2, -0.15) is 0 Å². The molecule has 2 atom stereocenters. The molecule has 2 rings (SSSR count). The van der Waals surface area contributed by atoms with E-state index >= 15 is 0 Å². The summed E-state index contributed by atoms with van der Waals surface area (Å²) in [5, 5.41) is 0. The molecule has 1 aliphatic rings. The zero-order valence-electron chi connectivity index (χ0n) is 11.2. The van der Waals surface area contributed by atoms with Crippen molar-refractivity contribution in [2.45, 2.75) is 45.1 Å². The van der Waals surface area contributed by atoms with Crippen molar-refractivity contribution in [1.82, 2.24) is 4.57 Å². The van der Waals surface area contributed by atoms with Crippen molar-refractivity contribution >= 4 is 11.7 Å². The Morgan fingerprint density at radius 1 is 1.56 bits per heavy atom. The molecule has 0 radical (unpaired) electrons. The first-order valence-electron chi connectivity index (χ1n) is 6.73. The summed E-state index contributed by atoms with van der Waals surface area (Å²) >= 11 is 0. The van der Waals surface area contributed by atoms with Crippen LogP contribution in [0.2, 0.25) is 0 Å². The molecule has 1 fully saturated rings. The summed E-state index contributed by atoms with van der Waals surface area (Å²) in [6.45, 7) is 2.20. The lowest BCUT2D eigenvalue weighted by atomic mass is 9.85. The third kappa shape index (κ3) is 2.86. The first-order valence-corrected chi connectivity index (χ1v) is 6.73. The van der Waals surface area contributed by atoms with E-state index in [1.807, 2.05) is 7.05 Å². The van der Waals surface area contributed by atoms with Gasteiger partial charge >= 0.3 is 5.97 Å². The van der Waals surface area contributed by atoms with E-state index in [1.165, 1.54) is 12.8 Å². The van der Waals surface area contributed by atoms with Crippen molar-refractivity contribution in [2.75, 3.05) is 5.73 Å². The molecule has 0 spiro atoms. The Kier molecular flexibility index (Phi) is 3.94. The minimum atomic E-state index is -0.254. The highest BCUT2D eigenvalue weighted by Crippen LogP contribution is 2.29. The van der Waals surface area contributed by atoms with Crippen LogP contribution < -0.4 is 5.73 Å². The average Bonchev–Trinajstić information content (AvgIpc) is 2.69. The maximum Gasteiger partial charge on any atom is 0.355 e. The number of aryl methyl sites for hydroxylation is 1. The number of rotatable bonds is 3. The van der Waals surface area contributed by atoms with Gasteiger partial charge in [0.05, 0.1) is 5.69 Å². The van der Waals surface area contributed by atoms with Crippen LogP contribution >= 0.6 is 0 Å². The number of nitrogens with two attached hydrogens (primary N) is 1. The number of hydrogen-bond acceptors (Lipinski definition) is 3. The molecular weight excluding hydrogens is 228 g/mol. The van der Waals surface area contributed by atoms with Gasteiger partial charge in [0.25, 0.3) is 0 Å². The Hall–Kier alpha value is -1.45. The number of nitrogen functional groups attached to an aromatic ring is 1. The molecule has 4 heteroatoms. The summed E-state index contributed by atoms with van der Waals surface area (Å²) in [5.41, 5.74) is 6.80. The smallest absolute Gasteiger partial charge is 0.355 e. The van der Waals surface area contributed by atoms with E-state index in [4.69, 9.17) is 10.5 Å². The van der Waals surface area contributed by atoms with Gasteiger partial charge in [-0.3, -0.25) is 0 Å². The van der Waals surface area contributed by atoms with Crippen molar-refractivity contribution in [3.63, 3.8) is 0 Å². The summed E-state index contributed by atoms with van der Waals surface area (Å²) in [5.74, 6) is 0.450. The normalized spacial score (nSPS) is 23.9. The van der Waals surface area contributed by atoms with Gasteiger partial charge in [0.2, 0.25) is 0 Å². The number of anilines is 1. The quantitative estimate of drug-likeness (QED) is 0.839. The van der Waals surface area contributed by atoms with Gasteiger partial charge in [0, 0.05) is 13.2 Å². The zero-order valence-corrected chi connectivity index (χ0v) is 11.2. The monoisotopic (exact) mass is 250 g/mol. The standard InChI is InChI=1S/C14H22N2O2/c1-3-10-5-4-6-12(7-10)18-14(17)13-8-11(15)9-16(13)2/h8-10,12H,3-7,15H2,1-2H3. The SMILES string of the molecule is CCC1CCCC(OC(=O)c2cc(N)cn2C)C1. The van der Waals surface area contributed by atoms with Crippen LogP contribution in [0.25, 0.3) is 0 Å². The Labute approximate surface area is 108 Å². The third-order valence-electron chi connectivity index (χ3n) is 3.82. The number of carbonyl (C=O) groups excluding carboxylic acids is 1. The summed E-state index contributed by atoms with van der Waals surface area (Å²) in [6, 6.07) is 1.67. The Bertz CT molecular complexity index is 425. The predicted octanol–water partition coefficient (Wildman–Crippen LogP) is 2.73. The molecule has 1 saturated carbocycles. The summed E-state index contributed by atoms with van der Waals surface area (Å²) in [6.07, 6.45) is 7.39. The first-order chi connectivity index (χ1) is 8.60. The molecule has 1 aromatic heterocycles. The van der Waals surface area contributed by atoms with Gasteiger partial charge in [-0.05, 0) is 31.2 Å². The second-order valence-electron chi connectivity index (χ2n) is 5.24. The molecule has 18 heavy (non-hydrogen) atoms. The fourth-order valence-electron chi connectivity index (χ4n) is 2.72. The van der Waals surface area contributed by atoms with Crippen LogP contribution in [-0.2, 0) is 11.8 Å². The molecule has 0 saturated heterocycles. The molecule has 2 N–H and O–H groups in total. The van der Waals surface area contributed by atoms with Crippen LogP contribution in [0.3, 0.4) is 0 Å². The molecule has 2 unspecified atom stereocenters. The fourth-order valence-corrected chi connectivity index (χ4v) is 2.72. The minimum absolute atomic E-state index is 0.0762. The maximum atomic E-state index is 12.0. The van der Waals surface area contributed by atoms with E-state index in [0.29, 0.717) is 17.3 Å². The van der Waals surface area contributed by atoms with Crippen molar-refractivity contribution in [2.24, 2.45) is 13.0 Å². The number of carbonyl (C=O) groups is 1. The molecular formula is C14H22N2O2. The highest BCUT2D eigenvalue weighted by Gasteiger charge is 2.25. The number of aromatic nitrogens is 1. The Morgan fingerprint density at radius 2 is 2.33 bits per heavy atom. The minimum Gasteiger partial charge on any atom is -0.458 e. The van der Waals surface area contributed by atoms with Crippen LogP contribution in [0.1, 0.15) is 49.5 Å². The zero-order chi connectivity index (χ0) is 13.1. The first kappa shape index (κ1) is 13.0. The predicted molar refractivity (Wildman–Crippen MR) is 71.3 cm³/mol. The van der Waals surface area contributed by atoms with E-state index in [9.17, 15) is 4.79 Å². The lowest BCUT2D eigenvalue weighted by Crippen LogP contribution is -2.26. The maximum absolute atomic E-state index is 12.0. The molecule has 0 amide bonds. The van der Waals surface area contributed by atoms with E-state index < -0.39 is 0 Å². The number of ether oxygens (including phenoxy) is 1. The van der Waals surface area contributed by atoms with E-state index in [2.05, 4.69) is 6.92 Å². The molecule has 1 aromatic rings. The molecule has 0 bridgehead atoms. The van der Waals surface area contributed by atoms with Gasteiger partial charge in [-0.15, -0.1) is 0 Å². The summed E-state index contributed by atoms with van der Waals surface area (Å²) in [7, 11) is 1.81. The Balaban J connectivity index is 1.97. The second kappa shape index (κ2) is 5.46. The number of esters is 1. The largest absolute Gasteiger partial charge is 0.458 e. The number of nitrogens with zero attached hydrogens (tertiary/aromatic N) is 1. The number of hydrogen-bond donors (Lipinski definition) is 1. The molecule has 4 nitrogen and oxygen atoms in total. The molecule has 100 valence electrons. The van der Waals surface area contributed by atoms with Crippen LogP contribution in [0.4, 0.5) is 5.69 Å². The van der Waals surface area contributed by atoms with E-state index in [-0.39, 0.29) is 12.1 Å². The lowest BCUT2D eigenvalue weighted by molar-refractivity contribution is 0.0130. The van der Waals surface area contributed by atoms with Gasteiger partial charge < -0.3 is 15.0 Å². The van der Waals surface area contributed by atoms with E-state index in [1.54, 1.807) is 16.8 Å². The van der Waals surface area contributed by atoms with E-state index in [0.717, 1.165) is 19.3 Å². The van der Waals surface area contributed by atoms with Crippen molar-refractivity contribution in [3.8, 4) is 0 Å². The summed E-state index contributed by atoms with van der Waals surface area (Å²) in [4.78, 5) is 12.0. The molecule has 0 aromatic carbocycles. The molecule has 0 aliphatic heterocycles. The van der Waals surface area contributed by atoms with Gasteiger partial charge in [-0.1, -0.05) is 19.8 Å². The molecule has 1 aliphatic carbocycles. The Morgan fingerprint density at radius 3 is 2.94 bits per heavy atom. The topological polar surface area (TPSA) is 57.2 Å². The van der Waals surface area contributed by atoms with Crippen molar-refractivity contribution in [1.29, 1.82) is 0 Å². The average molecular weight is 250 g/mol. The van der Waals surface area contributed by atoms with Crippen LogP contribution in [0.5, 0.6) is 0 Å². The fraction of sp³-hybridized carbons (Fsp3) is 0.643. The summed E-state index contributed by atoms with van der Waals surface area (Å²) < 4.78 is 7.31.